The molecule has 1 aromatic heterocycles. The molecule has 0 spiro atoms. The molecule has 3 aromatic rings. The van der Waals surface area contributed by atoms with E-state index in [-0.39, 0.29) is 12.5 Å². The Bertz CT molecular complexity index is 879. The Balaban J connectivity index is 1.44. The minimum atomic E-state index is -0.197. The van der Waals surface area contributed by atoms with E-state index in [0.717, 1.165) is 21.3 Å². The van der Waals surface area contributed by atoms with Crippen molar-refractivity contribution in [3.05, 3.63) is 58.6 Å². The van der Waals surface area contributed by atoms with E-state index in [0.29, 0.717) is 19.0 Å². The minimum absolute atomic E-state index is 0.00791. The van der Waals surface area contributed by atoms with E-state index >= 15 is 0 Å². The highest BCUT2D eigenvalue weighted by Crippen LogP contribution is 2.17. The zero-order valence-electron chi connectivity index (χ0n) is 14.2. The first-order valence-corrected chi connectivity index (χ1v) is 8.89. The second-order valence-electron chi connectivity index (χ2n) is 5.67. The average Bonchev–Trinajstić information content (AvgIpc) is 3.08. The van der Waals surface area contributed by atoms with Gasteiger partial charge in [-0.05, 0) is 54.1 Å². The van der Waals surface area contributed by atoms with Crippen molar-refractivity contribution in [1.29, 1.82) is 0 Å². The molecule has 26 heavy (non-hydrogen) atoms. The van der Waals surface area contributed by atoms with Crippen molar-refractivity contribution < 1.29 is 9.53 Å². The second-order valence-corrected chi connectivity index (χ2v) is 6.58. The lowest BCUT2D eigenvalue weighted by Gasteiger charge is -2.08. The number of ether oxygens (including phenoxy) is 1. The number of amides is 1. The number of tetrazole rings is 1. The molecule has 0 aliphatic carbocycles. The lowest BCUT2D eigenvalue weighted by Crippen LogP contribution is -2.31. The predicted octanol–water partition coefficient (Wildman–Crippen LogP) is 2.61. The summed E-state index contributed by atoms with van der Waals surface area (Å²) in [6.07, 6.45) is 0. The van der Waals surface area contributed by atoms with Gasteiger partial charge in [-0.3, -0.25) is 4.79 Å². The fraction of sp³-hybridized carbons (Fsp3) is 0.222. The van der Waals surface area contributed by atoms with Crippen molar-refractivity contribution in [3.63, 3.8) is 0 Å². The van der Waals surface area contributed by atoms with Gasteiger partial charge in [0.25, 0.3) is 0 Å². The highest BCUT2D eigenvalue weighted by Gasteiger charge is 2.09. The van der Waals surface area contributed by atoms with Gasteiger partial charge in [0.05, 0.1) is 6.54 Å². The van der Waals surface area contributed by atoms with Crippen molar-refractivity contribution in [3.8, 4) is 17.1 Å². The number of halogens is 1. The molecule has 0 fully saturated rings. The molecule has 0 bridgehead atoms. The molecule has 0 aliphatic heterocycles. The Morgan fingerprint density at radius 3 is 2.81 bits per heavy atom. The monoisotopic (exact) mass is 415 g/mol. The molecular formula is C18H18BrN5O2. The van der Waals surface area contributed by atoms with Gasteiger partial charge in [-0.25, -0.2) is 0 Å². The molecule has 0 radical (unpaired) electrons. The highest BCUT2D eigenvalue weighted by atomic mass is 79.9. The number of benzene rings is 2. The first-order valence-electron chi connectivity index (χ1n) is 8.10. The Hall–Kier alpha value is -2.74. The summed E-state index contributed by atoms with van der Waals surface area (Å²) in [6, 6.07) is 15.3. The molecule has 0 atom stereocenters. The minimum Gasteiger partial charge on any atom is -0.492 e. The van der Waals surface area contributed by atoms with E-state index in [4.69, 9.17) is 4.74 Å². The number of nitrogens with one attached hydrogen (secondary N) is 1. The van der Waals surface area contributed by atoms with Crippen LogP contribution in [0.4, 0.5) is 0 Å². The van der Waals surface area contributed by atoms with Crippen molar-refractivity contribution >= 4 is 21.8 Å². The van der Waals surface area contributed by atoms with E-state index in [1.54, 1.807) is 0 Å². The fourth-order valence-electron chi connectivity index (χ4n) is 2.27. The molecule has 2 aromatic carbocycles. The summed E-state index contributed by atoms with van der Waals surface area (Å²) in [5, 5.41) is 14.9. The molecule has 0 saturated carbocycles. The van der Waals surface area contributed by atoms with E-state index in [9.17, 15) is 4.79 Å². The number of carbonyl (C=O) groups is 1. The lowest BCUT2D eigenvalue weighted by atomic mass is 10.2. The smallest absolute Gasteiger partial charge is 0.243 e. The van der Waals surface area contributed by atoms with E-state index in [1.807, 2.05) is 55.5 Å². The first-order chi connectivity index (χ1) is 12.6. The van der Waals surface area contributed by atoms with Crippen LogP contribution in [0.2, 0.25) is 0 Å². The third-order valence-electron chi connectivity index (χ3n) is 3.52. The summed E-state index contributed by atoms with van der Waals surface area (Å²) in [5.74, 6) is 1.07. The molecule has 8 heteroatoms. The zero-order valence-corrected chi connectivity index (χ0v) is 15.8. The van der Waals surface area contributed by atoms with Crippen LogP contribution in [0.1, 0.15) is 5.56 Å². The fourth-order valence-corrected chi connectivity index (χ4v) is 2.54. The van der Waals surface area contributed by atoms with Gasteiger partial charge in [0.1, 0.15) is 18.9 Å². The molecule has 1 heterocycles. The van der Waals surface area contributed by atoms with Gasteiger partial charge in [0.2, 0.25) is 11.7 Å². The average molecular weight is 416 g/mol. The quantitative estimate of drug-likeness (QED) is 0.599. The van der Waals surface area contributed by atoms with Crippen LogP contribution >= 0.6 is 15.9 Å². The van der Waals surface area contributed by atoms with Crippen molar-refractivity contribution in [1.82, 2.24) is 25.5 Å². The molecule has 0 saturated heterocycles. The van der Waals surface area contributed by atoms with Crippen molar-refractivity contribution in [2.75, 3.05) is 13.2 Å². The first kappa shape index (κ1) is 18.1. The second kappa shape index (κ2) is 8.57. The number of aromatic nitrogens is 4. The molecule has 0 aliphatic rings. The van der Waals surface area contributed by atoms with Gasteiger partial charge in [-0.1, -0.05) is 28.1 Å². The standard InChI is InChI=1S/C18H18BrN5O2/c1-13-3-2-4-16(11-13)26-10-9-20-17(25)12-24-22-18(21-23-24)14-5-7-15(19)8-6-14/h2-8,11H,9-10,12H2,1H3,(H,20,25). The number of aryl methyl sites for hydroxylation is 1. The van der Waals surface area contributed by atoms with Crippen LogP contribution in [-0.4, -0.2) is 39.3 Å². The summed E-state index contributed by atoms with van der Waals surface area (Å²) >= 11 is 3.38. The van der Waals surface area contributed by atoms with Crippen LogP contribution in [0, 0.1) is 6.92 Å². The lowest BCUT2D eigenvalue weighted by molar-refractivity contribution is -0.122. The van der Waals surface area contributed by atoms with E-state index in [1.165, 1.54) is 4.80 Å². The number of hydrogen-bond acceptors (Lipinski definition) is 5. The zero-order chi connectivity index (χ0) is 18.4. The third-order valence-corrected chi connectivity index (χ3v) is 4.05. The summed E-state index contributed by atoms with van der Waals surface area (Å²) < 4.78 is 6.56. The van der Waals surface area contributed by atoms with Gasteiger partial charge < -0.3 is 10.1 Å². The van der Waals surface area contributed by atoms with Gasteiger partial charge in [0, 0.05) is 10.0 Å². The van der Waals surface area contributed by atoms with Crippen molar-refractivity contribution in [2.24, 2.45) is 0 Å². The number of carbonyl (C=O) groups excluding carboxylic acids is 1. The van der Waals surface area contributed by atoms with Crippen molar-refractivity contribution in [2.45, 2.75) is 13.5 Å². The maximum Gasteiger partial charge on any atom is 0.243 e. The van der Waals surface area contributed by atoms with Gasteiger partial charge in [0.15, 0.2) is 0 Å². The normalized spacial score (nSPS) is 10.5. The largest absolute Gasteiger partial charge is 0.492 e. The molecule has 7 nitrogen and oxygen atoms in total. The van der Waals surface area contributed by atoms with E-state index in [2.05, 4.69) is 36.7 Å². The molecule has 0 unspecified atom stereocenters. The summed E-state index contributed by atoms with van der Waals surface area (Å²) in [4.78, 5) is 13.2. The summed E-state index contributed by atoms with van der Waals surface area (Å²) in [7, 11) is 0. The van der Waals surface area contributed by atoms with E-state index < -0.39 is 0 Å². The van der Waals surface area contributed by atoms with Gasteiger partial charge in [-0.15, -0.1) is 10.2 Å². The Morgan fingerprint density at radius 2 is 2.04 bits per heavy atom. The third kappa shape index (κ3) is 5.13. The van der Waals surface area contributed by atoms with Gasteiger partial charge in [-0.2, -0.15) is 4.80 Å². The Kier molecular flexibility index (Phi) is 5.96. The van der Waals surface area contributed by atoms with Crippen LogP contribution in [-0.2, 0) is 11.3 Å². The maximum absolute atomic E-state index is 12.0. The molecule has 1 amide bonds. The Labute approximate surface area is 159 Å². The van der Waals surface area contributed by atoms with Gasteiger partial charge >= 0.3 is 0 Å². The van der Waals surface area contributed by atoms with Crippen LogP contribution in [0.15, 0.2) is 53.0 Å². The van der Waals surface area contributed by atoms with Crippen LogP contribution in [0.5, 0.6) is 5.75 Å². The maximum atomic E-state index is 12.0. The topological polar surface area (TPSA) is 81.9 Å². The van der Waals surface area contributed by atoms with Crippen LogP contribution < -0.4 is 10.1 Å². The van der Waals surface area contributed by atoms with Crippen LogP contribution in [0.3, 0.4) is 0 Å². The highest BCUT2D eigenvalue weighted by molar-refractivity contribution is 9.10. The molecular weight excluding hydrogens is 398 g/mol. The number of nitrogens with zero attached hydrogens (tertiary/aromatic N) is 4. The Morgan fingerprint density at radius 1 is 1.23 bits per heavy atom. The number of hydrogen-bond donors (Lipinski definition) is 1. The van der Waals surface area contributed by atoms with Crippen LogP contribution in [0.25, 0.3) is 11.4 Å². The molecule has 1 N–H and O–H groups in total. The SMILES string of the molecule is Cc1cccc(OCCNC(=O)Cn2nnc(-c3ccc(Br)cc3)n2)c1. The summed E-state index contributed by atoms with van der Waals surface area (Å²) in [6.45, 7) is 2.81. The molecule has 134 valence electrons. The number of rotatable bonds is 7. The summed E-state index contributed by atoms with van der Waals surface area (Å²) in [5.41, 5.74) is 1.97. The predicted molar refractivity (Wildman–Crippen MR) is 101 cm³/mol. The molecule has 3 rings (SSSR count).